The Morgan fingerprint density at radius 2 is 2.21 bits per heavy atom. The molecule has 0 saturated carbocycles. The van der Waals surface area contributed by atoms with Gasteiger partial charge in [-0.2, -0.15) is 0 Å². The first-order valence-corrected chi connectivity index (χ1v) is 10.1. The van der Waals surface area contributed by atoms with E-state index in [9.17, 15) is 9.18 Å². The van der Waals surface area contributed by atoms with Gasteiger partial charge in [-0.15, -0.1) is 0 Å². The number of benzene rings is 1. The number of aryl methyl sites for hydroxylation is 1. The topological polar surface area (TPSA) is 64.2 Å². The largest absolute Gasteiger partial charge is 0.443 e. The Kier molecular flexibility index (Phi) is 5.74. The van der Waals surface area contributed by atoms with Gasteiger partial charge >= 0.3 is 0 Å². The molecule has 1 saturated heterocycles. The van der Waals surface area contributed by atoms with Gasteiger partial charge in [0.15, 0.2) is 0 Å². The van der Waals surface area contributed by atoms with Crippen LogP contribution in [-0.2, 0) is 24.2 Å². The van der Waals surface area contributed by atoms with E-state index in [4.69, 9.17) is 4.42 Å². The number of piperidine rings is 1. The summed E-state index contributed by atoms with van der Waals surface area (Å²) in [4.78, 5) is 23.6. The lowest BCUT2D eigenvalue weighted by Crippen LogP contribution is -2.40. The van der Waals surface area contributed by atoms with Crippen molar-refractivity contribution in [2.45, 2.75) is 51.6 Å². The number of carbonyl (C=O) groups is 1. The van der Waals surface area contributed by atoms with Gasteiger partial charge < -0.3 is 13.9 Å². The van der Waals surface area contributed by atoms with Crippen molar-refractivity contribution < 1.29 is 13.6 Å². The number of carbonyl (C=O) groups excluding carboxylic acids is 1. The number of nitrogens with zero attached hydrogens (tertiary/aromatic N) is 4. The molecule has 3 heterocycles. The normalized spacial score (nSPS) is 16.9. The van der Waals surface area contributed by atoms with Gasteiger partial charge in [0.05, 0.1) is 6.20 Å². The lowest BCUT2D eigenvalue weighted by Gasteiger charge is -2.34. The van der Waals surface area contributed by atoms with E-state index < -0.39 is 0 Å². The van der Waals surface area contributed by atoms with Crippen LogP contribution in [0.2, 0.25) is 0 Å². The van der Waals surface area contributed by atoms with Crippen molar-refractivity contribution in [3.05, 3.63) is 71.7 Å². The van der Waals surface area contributed by atoms with Gasteiger partial charge in [0.1, 0.15) is 30.0 Å². The Balaban J connectivity index is 1.49. The van der Waals surface area contributed by atoms with Crippen molar-refractivity contribution in [2.24, 2.45) is 0 Å². The molecule has 6 nitrogen and oxygen atoms in total. The van der Waals surface area contributed by atoms with Crippen LogP contribution in [0.3, 0.4) is 0 Å². The van der Waals surface area contributed by atoms with Crippen LogP contribution in [0.25, 0.3) is 0 Å². The fourth-order valence-corrected chi connectivity index (χ4v) is 3.93. The number of oxazole rings is 1. The lowest BCUT2D eigenvalue weighted by molar-refractivity contribution is -0.136. The molecule has 1 atom stereocenters. The standard InChI is InChI=1S/C22H25FN4O2/c1-2-20-24-9-11-26(20)15-21(28)27-10-4-3-8-19(27)22-25-14-18(29-22)13-16-6-5-7-17(23)12-16/h5-7,9,11-12,14,19H,2-4,8,10,13,15H2,1H3/t19-/m1/s1. The second kappa shape index (κ2) is 8.59. The molecule has 0 spiro atoms. The molecule has 1 aromatic carbocycles. The van der Waals surface area contributed by atoms with Crippen molar-refractivity contribution >= 4 is 5.91 Å². The molecule has 4 rings (SSSR count). The van der Waals surface area contributed by atoms with Gasteiger partial charge in [0, 0.05) is 31.8 Å². The molecule has 152 valence electrons. The van der Waals surface area contributed by atoms with E-state index in [2.05, 4.69) is 9.97 Å². The van der Waals surface area contributed by atoms with Crippen LogP contribution >= 0.6 is 0 Å². The summed E-state index contributed by atoms with van der Waals surface area (Å²) in [6.45, 7) is 3.00. The molecule has 29 heavy (non-hydrogen) atoms. The highest BCUT2D eigenvalue weighted by Gasteiger charge is 2.31. The first-order chi connectivity index (χ1) is 14.1. The van der Waals surface area contributed by atoms with Crippen LogP contribution in [0.15, 0.2) is 47.3 Å². The molecule has 1 amide bonds. The summed E-state index contributed by atoms with van der Waals surface area (Å²) in [7, 11) is 0. The molecule has 2 aromatic heterocycles. The van der Waals surface area contributed by atoms with E-state index >= 15 is 0 Å². The fraction of sp³-hybridized carbons (Fsp3) is 0.409. The first-order valence-electron chi connectivity index (χ1n) is 10.1. The van der Waals surface area contributed by atoms with E-state index in [0.717, 1.165) is 37.1 Å². The minimum absolute atomic E-state index is 0.0484. The fourth-order valence-electron chi connectivity index (χ4n) is 3.93. The summed E-state index contributed by atoms with van der Waals surface area (Å²) in [5.74, 6) is 1.92. The number of aromatic nitrogens is 3. The zero-order chi connectivity index (χ0) is 20.2. The van der Waals surface area contributed by atoms with E-state index in [1.165, 1.54) is 12.1 Å². The number of amides is 1. The van der Waals surface area contributed by atoms with Crippen molar-refractivity contribution in [1.82, 2.24) is 19.4 Å². The summed E-state index contributed by atoms with van der Waals surface area (Å²) in [6, 6.07) is 6.30. The smallest absolute Gasteiger partial charge is 0.243 e. The molecule has 0 N–H and O–H groups in total. The Hall–Kier alpha value is -2.96. The highest BCUT2D eigenvalue weighted by molar-refractivity contribution is 5.76. The van der Waals surface area contributed by atoms with Crippen LogP contribution in [0.4, 0.5) is 4.39 Å². The molecule has 1 fully saturated rings. The Morgan fingerprint density at radius 3 is 3.03 bits per heavy atom. The van der Waals surface area contributed by atoms with Crippen LogP contribution in [-0.4, -0.2) is 31.9 Å². The maximum atomic E-state index is 13.4. The molecule has 0 aliphatic carbocycles. The Morgan fingerprint density at radius 1 is 1.31 bits per heavy atom. The molecule has 0 radical (unpaired) electrons. The monoisotopic (exact) mass is 396 g/mol. The number of halogens is 1. The molecule has 0 bridgehead atoms. The zero-order valence-electron chi connectivity index (χ0n) is 16.6. The highest BCUT2D eigenvalue weighted by atomic mass is 19.1. The summed E-state index contributed by atoms with van der Waals surface area (Å²) in [5.41, 5.74) is 0.830. The van der Waals surface area contributed by atoms with Gasteiger partial charge in [-0.05, 0) is 37.0 Å². The number of imidazole rings is 1. The average molecular weight is 396 g/mol. The summed E-state index contributed by atoms with van der Waals surface area (Å²) in [5, 5.41) is 0. The molecule has 0 unspecified atom stereocenters. The molecule has 1 aliphatic heterocycles. The zero-order valence-corrected chi connectivity index (χ0v) is 16.6. The minimum atomic E-state index is -0.266. The van der Waals surface area contributed by atoms with Gasteiger partial charge in [-0.3, -0.25) is 4.79 Å². The van der Waals surface area contributed by atoms with Crippen LogP contribution in [0.1, 0.15) is 55.3 Å². The maximum absolute atomic E-state index is 13.4. The van der Waals surface area contributed by atoms with Gasteiger partial charge in [0.25, 0.3) is 0 Å². The van der Waals surface area contributed by atoms with Crippen molar-refractivity contribution in [2.75, 3.05) is 6.54 Å². The SMILES string of the molecule is CCc1nccn1CC(=O)N1CCCC[C@@H]1c1ncc(Cc2cccc(F)c2)o1. The van der Waals surface area contributed by atoms with Crippen molar-refractivity contribution in [3.63, 3.8) is 0 Å². The number of rotatable bonds is 6. The Labute approximate surface area is 169 Å². The Bertz CT molecular complexity index is 981. The quantitative estimate of drug-likeness (QED) is 0.634. The maximum Gasteiger partial charge on any atom is 0.243 e. The van der Waals surface area contributed by atoms with Gasteiger partial charge in [-0.25, -0.2) is 14.4 Å². The second-order valence-electron chi connectivity index (χ2n) is 7.40. The average Bonchev–Trinajstić information content (AvgIpc) is 3.37. The first kappa shape index (κ1) is 19.4. The van der Waals surface area contributed by atoms with Crippen LogP contribution < -0.4 is 0 Å². The summed E-state index contributed by atoms with van der Waals surface area (Å²) < 4.78 is 21.3. The molecule has 3 aromatic rings. The van der Waals surface area contributed by atoms with E-state index in [1.807, 2.05) is 28.7 Å². The van der Waals surface area contributed by atoms with Crippen LogP contribution in [0, 0.1) is 5.82 Å². The third-order valence-corrected chi connectivity index (χ3v) is 5.37. The number of likely N-dealkylation sites (tertiary alicyclic amines) is 1. The third kappa shape index (κ3) is 4.39. The van der Waals surface area contributed by atoms with Crippen LogP contribution in [0.5, 0.6) is 0 Å². The van der Waals surface area contributed by atoms with Gasteiger partial charge in [0.2, 0.25) is 11.8 Å². The second-order valence-corrected chi connectivity index (χ2v) is 7.40. The lowest BCUT2D eigenvalue weighted by atomic mass is 10.0. The highest BCUT2D eigenvalue weighted by Crippen LogP contribution is 2.31. The molecular weight excluding hydrogens is 371 g/mol. The number of hydrogen-bond acceptors (Lipinski definition) is 4. The summed E-state index contributed by atoms with van der Waals surface area (Å²) in [6.07, 6.45) is 9.35. The van der Waals surface area contributed by atoms with Crippen molar-refractivity contribution in [1.29, 1.82) is 0 Å². The minimum Gasteiger partial charge on any atom is -0.443 e. The van der Waals surface area contributed by atoms with Gasteiger partial charge in [-0.1, -0.05) is 19.1 Å². The predicted molar refractivity (Wildman–Crippen MR) is 106 cm³/mol. The predicted octanol–water partition coefficient (Wildman–Crippen LogP) is 3.92. The molecular formula is C22H25FN4O2. The third-order valence-electron chi connectivity index (χ3n) is 5.37. The van der Waals surface area contributed by atoms with E-state index in [0.29, 0.717) is 24.6 Å². The van der Waals surface area contributed by atoms with Crippen molar-refractivity contribution in [3.8, 4) is 0 Å². The summed E-state index contributed by atoms with van der Waals surface area (Å²) >= 11 is 0. The van der Waals surface area contributed by atoms with E-state index in [-0.39, 0.29) is 24.3 Å². The van der Waals surface area contributed by atoms with E-state index in [1.54, 1.807) is 18.5 Å². The molecule has 1 aliphatic rings. The number of hydrogen-bond donors (Lipinski definition) is 0. The molecule has 7 heteroatoms.